The third kappa shape index (κ3) is 5.26. The van der Waals surface area contributed by atoms with Crippen molar-refractivity contribution >= 4 is 17.4 Å². The number of ketones is 1. The van der Waals surface area contributed by atoms with Crippen LogP contribution in [0.4, 0.5) is 5.69 Å². The number of amides is 1. The summed E-state index contributed by atoms with van der Waals surface area (Å²) >= 11 is 0. The van der Waals surface area contributed by atoms with Gasteiger partial charge in [0, 0.05) is 48.9 Å². The molecule has 4 heteroatoms. The minimum atomic E-state index is 0.0144. The van der Waals surface area contributed by atoms with Crippen LogP contribution in [0.3, 0.4) is 0 Å². The van der Waals surface area contributed by atoms with Gasteiger partial charge in [0.25, 0.3) is 5.91 Å². The van der Waals surface area contributed by atoms with Gasteiger partial charge in [0.05, 0.1) is 0 Å². The highest BCUT2D eigenvalue weighted by atomic mass is 16.2. The summed E-state index contributed by atoms with van der Waals surface area (Å²) in [7, 11) is 0. The van der Waals surface area contributed by atoms with Crippen molar-refractivity contribution < 1.29 is 9.59 Å². The molecule has 1 heterocycles. The zero-order valence-electron chi connectivity index (χ0n) is 17.6. The summed E-state index contributed by atoms with van der Waals surface area (Å²) in [6, 6.07) is 17.5. The van der Waals surface area contributed by atoms with Gasteiger partial charge in [0.2, 0.25) is 0 Å². The quantitative estimate of drug-likeness (QED) is 0.591. The van der Waals surface area contributed by atoms with E-state index >= 15 is 0 Å². The molecule has 0 aliphatic carbocycles. The molecular weight excluding hydrogens is 360 g/mol. The van der Waals surface area contributed by atoms with E-state index < -0.39 is 0 Å². The zero-order valence-corrected chi connectivity index (χ0v) is 17.6. The van der Waals surface area contributed by atoms with E-state index in [2.05, 4.69) is 30.9 Å². The molecule has 3 rings (SSSR count). The van der Waals surface area contributed by atoms with Crippen LogP contribution in [0.2, 0.25) is 0 Å². The highest BCUT2D eigenvalue weighted by Gasteiger charge is 2.28. The van der Waals surface area contributed by atoms with E-state index in [1.54, 1.807) is 0 Å². The number of hydrogen-bond acceptors (Lipinski definition) is 3. The molecule has 1 aliphatic rings. The molecule has 0 bridgehead atoms. The molecule has 1 saturated heterocycles. The maximum Gasteiger partial charge on any atom is 0.253 e. The number of anilines is 1. The van der Waals surface area contributed by atoms with Gasteiger partial charge < -0.3 is 9.80 Å². The average Bonchev–Trinajstić information content (AvgIpc) is 2.80. The maximum atomic E-state index is 12.9. The van der Waals surface area contributed by atoms with E-state index in [4.69, 9.17) is 0 Å². The molecule has 1 aliphatic heterocycles. The number of likely N-dealkylation sites (tertiary alicyclic amines) is 1. The molecule has 0 radical (unpaired) electrons. The Labute approximate surface area is 174 Å². The molecule has 0 aromatic heterocycles. The largest absolute Gasteiger partial charge is 0.372 e. The van der Waals surface area contributed by atoms with Crippen LogP contribution in [0.1, 0.15) is 60.2 Å². The number of unbranched alkanes of at least 4 members (excludes halogenated alkanes) is 1. The normalized spacial score (nSPS) is 14.6. The van der Waals surface area contributed by atoms with Gasteiger partial charge in [0.1, 0.15) is 0 Å². The first-order chi connectivity index (χ1) is 14.1. The summed E-state index contributed by atoms with van der Waals surface area (Å²) in [6.45, 7) is 7.66. The second-order valence-corrected chi connectivity index (χ2v) is 7.78. The van der Waals surface area contributed by atoms with E-state index in [0.29, 0.717) is 13.1 Å². The van der Waals surface area contributed by atoms with Crippen molar-refractivity contribution in [3.05, 3.63) is 65.7 Å². The molecule has 154 valence electrons. The second-order valence-electron chi connectivity index (χ2n) is 7.78. The first-order valence-electron chi connectivity index (χ1n) is 10.9. The first kappa shape index (κ1) is 21.1. The van der Waals surface area contributed by atoms with Gasteiger partial charge in [-0.15, -0.1) is 0 Å². The minimum absolute atomic E-state index is 0.0144. The van der Waals surface area contributed by atoms with Crippen molar-refractivity contribution in [3.63, 3.8) is 0 Å². The second kappa shape index (κ2) is 10.2. The van der Waals surface area contributed by atoms with E-state index in [9.17, 15) is 9.59 Å². The van der Waals surface area contributed by atoms with Crippen molar-refractivity contribution in [2.75, 3.05) is 31.1 Å². The lowest BCUT2D eigenvalue weighted by Gasteiger charge is -2.31. The van der Waals surface area contributed by atoms with Gasteiger partial charge in [0.15, 0.2) is 5.78 Å². The Balaban J connectivity index is 1.57. The van der Waals surface area contributed by atoms with E-state index in [1.807, 2.05) is 47.4 Å². The molecule has 4 nitrogen and oxygen atoms in total. The van der Waals surface area contributed by atoms with Gasteiger partial charge in [-0.05, 0) is 50.5 Å². The highest BCUT2D eigenvalue weighted by molar-refractivity contribution is 5.98. The van der Waals surface area contributed by atoms with Crippen molar-refractivity contribution in [1.29, 1.82) is 0 Å². The highest BCUT2D eigenvalue weighted by Crippen LogP contribution is 2.24. The summed E-state index contributed by atoms with van der Waals surface area (Å²) in [5.41, 5.74) is 2.68. The molecule has 0 atom stereocenters. The third-order valence-electron chi connectivity index (χ3n) is 5.85. The van der Waals surface area contributed by atoms with E-state index in [1.165, 1.54) is 18.5 Å². The molecule has 29 heavy (non-hydrogen) atoms. The van der Waals surface area contributed by atoms with Gasteiger partial charge in [-0.3, -0.25) is 9.59 Å². The minimum Gasteiger partial charge on any atom is -0.372 e. The topological polar surface area (TPSA) is 40.6 Å². The van der Waals surface area contributed by atoms with Crippen LogP contribution >= 0.6 is 0 Å². The smallest absolute Gasteiger partial charge is 0.253 e. The van der Waals surface area contributed by atoms with Gasteiger partial charge in [-0.1, -0.05) is 43.7 Å². The van der Waals surface area contributed by atoms with Crippen molar-refractivity contribution in [2.24, 2.45) is 5.92 Å². The SMILES string of the molecule is CCCCN(CC)c1ccc(C(=O)N2CCC(C(=O)c3ccccc3)CC2)cc1. The van der Waals surface area contributed by atoms with Crippen LogP contribution in [-0.4, -0.2) is 42.8 Å². The van der Waals surface area contributed by atoms with Crippen LogP contribution in [-0.2, 0) is 0 Å². The zero-order chi connectivity index (χ0) is 20.6. The molecular formula is C25H32N2O2. The number of piperidine rings is 1. The van der Waals surface area contributed by atoms with Crippen LogP contribution in [0, 0.1) is 5.92 Å². The maximum absolute atomic E-state index is 12.9. The third-order valence-corrected chi connectivity index (χ3v) is 5.85. The molecule has 0 saturated carbocycles. The Morgan fingerprint density at radius 1 is 0.931 bits per heavy atom. The van der Waals surface area contributed by atoms with E-state index in [-0.39, 0.29) is 17.6 Å². The van der Waals surface area contributed by atoms with Crippen molar-refractivity contribution in [2.45, 2.75) is 39.5 Å². The fourth-order valence-electron chi connectivity index (χ4n) is 4.00. The lowest BCUT2D eigenvalue weighted by atomic mass is 9.88. The molecule has 1 fully saturated rings. The molecule has 2 aromatic carbocycles. The van der Waals surface area contributed by atoms with Gasteiger partial charge in [-0.2, -0.15) is 0 Å². The number of carbonyl (C=O) groups is 2. The van der Waals surface area contributed by atoms with Crippen molar-refractivity contribution in [3.8, 4) is 0 Å². The summed E-state index contributed by atoms with van der Waals surface area (Å²) in [6.07, 6.45) is 3.82. The monoisotopic (exact) mass is 392 g/mol. The molecule has 0 unspecified atom stereocenters. The predicted octanol–water partition coefficient (Wildman–Crippen LogP) is 5.05. The Morgan fingerprint density at radius 2 is 1.59 bits per heavy atom. The standard InChI is InChI=1S/C25H32N2O2/c1-3-5-17-26(4-2)23-13-11-22(12-14-23)25(29)27-18-15-21(16-19-27)24(28)20-9-7-6-8-10-20/h6-14,21H,3-5,15-19H2,1-2H3. The predicted molar refractivity (Wildman–Crippen MR) is 119 cm³/mol. The number of hydrogen-bond donors (Lipinski definition) is 0. The number of benzene rings is 2. The first-order valence-corrected chi connectivity index (χ1v) is 10.9. The van der Waals surface area contributed by atoms with Crippen LogP contribution in [0.25, 0.3) is 0 Å². The molecule has 2 aromatic rings. The summed E-state index contributed by atoms with van der Waals surface area (Å²) in [5, 5.41) is 0. The van der Waals surface area contributed by atoms with Crippen LogP contribution < -0.4 is 4.90 Å². The fourth-order valence-corrected chi connectivity index (χ4v) is 4.00. The Kier molecular flexibility index (Phi) is 7.45. The Hall–Kier alpha value is -2.62. The van der Waals surface area contributed by atoms with Crippen LogP contribution in [0.5, 0.6) is 0 Å². The molecule has 0 N–H and O–H groups in total. The fraction of sp³-hybridized carbons (Fsp3) is 0.440. The summed E-state index contributed by atoms with van der Waals surface area (Å²) < 4.78 is 0. The molecule has 1 amide bonds. The Morgan fingerprint density at radius 3 is 2.17 bits per heavy atom. The average molecular weight is 393 g/mol. The summed E-state index contributed by atoms with van der Waals surface area (Å²) in [4.78, 5) is 29.8. The number of Topliss-reactive ketones (excluding diaryl/α,β-unsaturated/α-hetero) is 1. The molecule has 0 spiro atoms. The van der Waals surface area contributed by atoms with Gasteiger partial charge in [-0.25, -0.2) is 0 Å². The van der Waals surface area contributed by atoms with E-state index in [0.717, 1.165) is 37.1 Å². The van der Waals surface area contributed by atoms with Crippen molar-refractivity contribution in [1.82, 2.24) is 4.90 Å². The lowest BCUT2D eigenvalue weighted by Crippen LogP contribution is -2.40. The number of carbonyl (C=O) groups excluding carboxylic acids is 2. The number of nitrogens with zero attached hydrogens (tertiary/aromatic N) is 2. The number of rotatable bonds is 8. The Bertz CT molecular complexity index is 793. The summed E-state index contributed by atoms with van der Waals surface area (Å²) in [5.74, 6) is 0.285. The lowest BCUT2D eigenvalue weighted by molar-refractivity contribution is 0.0650. The van der Waals surface area contributed by atoms with Crippen LogP contribution in [0.15, 0.2) is 54.6 Å². The van der Waals surface area contributed by atoms with Gasteiger partial charge >= 0.3 is 0 Å².